The summed E-state index contributed by atoms with van der Waals surface area (Å²) in [5.74, 6) is 0.140. The lowest BCUT2D eigenvalue weighted by atomic mass is 10.1. The van der Waals surface area contributed by atoms with Crippen molar-refractivity contribution >= 4 is 23.7 Å². The Morgan fingerprint density at radius 3 is 1.20 bits per heavy atom. The van der Waals surface area contributed by atoms with Crippen LogP contribution in [0.4, 0.5) is 0 Å². The Labute approximate surface area is 118 Å². The lowest BCUT2D eigenvalue weighted by Crippen LogP contribution is -1.90. The maximum atomic E-state index is 11.2. The van der Waals surface area contributed by atoms with Crippen LogP contribution < -0.4 is 0 Å². The first-order chi connectivity index (χ1) is 9.56. The summed E-state index contributed by atoms with van der Waals surface area (Å²) < 4.78 is 0. The Bertz CT molecular complexity index is 587. The molecule has 2 aromatic rings. The van der Waals surface area contributed by atoms with E-state index in [0.29, 0.717) is 11.1 Å². The summed E-state index contributed by atoms with van der Waals surface area (Å²) in [6.45, 7) is 3.11. The standard InChI is InChI=1S/C18H16O2/c1-13(19)17-9-5-15(6-10-17)3-4-16-7-11-18(12-8-16)14(2)20/h3-12H,1-2H3. The minimum atomic E-state index is 0.0698. The van der Waals surface area contributed by atoms with Gasteiger partial charge in [-0.15, -0.1) is 0 Å². The summed E-state index contributed by atoms with van der Waals surface area (Å²) in [6, 6.07) is 14.9. The van der Waals surface area contributed by atoms with E-state index in [0.717, 1.165) is 11.1 Å². The van der Waals surface area contributed by atoms with Crippen molar-refractivity contribution in [3.05, 3.63) is 70.8 Å². The first-order valence-corrected chi connectivity index (χ1v) is 6.46. The van der Waals surface area contributed by atoms with E-state index in [1.54, 1.807) is 13.8 Å². The number of Topliss-reactive ketones (excluding diaryl/α,β-unsaturated/α-hetero) is 2. The average Bonchev–Trinajstić information content (AvgIpc) is 2.46. The Kier molecular flexibility index (Phi) is 4.26. The van der Waals surface area contributed by atoms with Crippen LogP contribution in [0.2, 0.25) is 0 Å². The molecular weight excluding hydrogens is 248 g/mol. The minimum Gasteiger partial charge on any atom is -0.295 e. The number of benzene rings is 2. The third-order valence-corrected chi connectivity index (χ3v) is 3.10. The van der Waals surface area contributed by atoms with Gasteiger partial charge in [-0.1, -0.05) is 60.7 Å². The SMILES string of the molecule is CC(=O)c1ccc(C=Cc2ccc(C(C)=O)cc2)cc1. The second-order valence-corrected chi connectivity index (χ2v) is 4.69. The second kappa shape index (κ2) is 6.11. The van der Waals surface area contributed by atoms with Crippen LogP contribution in [0.25, 0.3) is 12.2 Å². The highest BCUT2D eigenvalue weighted by molar-refractivity contribution is 5.95. The molecule has 0 radical (unpaired) electrons. The van der Waals surface area contributed by atoms with Gasteiger partial charge in [0.25, 0.3) is 0 Å². The van der Waals surface area contributed by atoms with Crippen LogP contribution in [0.15, 0.2) is 48.5 Å². The fourth-order valence-corrected chi connectivity index (χ4v) is 1.85. The van der Waals surface area contributed by atoms with Crippen LogP contribution in [0.1, 0.15) is 45.7 Å². The van der Waals surface area contributed by atoms with Gasteiger partial charge in [-0.05, 0) is 25.0 Å². The molecule has 0 saturated heterocycles. The number of hydrogen-bond acceptors (Lipinski definition) is 2. The van der Waals surface area contributed by atoms with E-state index in [1.807, 2.05) is 60.7 Å². The lowest BCUT2D eigenvalue weighted by molar-refractivity contribution is 0.100. The van der Waals surface area contributed by atoms with Crippen molar-refractivity contribution in [3.8, 4) is 0 Å². The molecule has 2 heteroatoms. The normalized spacial score (nSPS) is 10.7. The zero-order chi connectivity index (χ0) is 14.5. The molecular formula is C18H16O2. The van der Waals surface area contributed by atoms with Crippen LogP contribution in [0, 0.1) is 0 Å². The molecule has 0 spiro atoms. The molecule has 0 saturated carbocycles. The van der Waals surface area contributed by atoms with Crippen LogP contribution >= 0.6 is 0 Å². The predicted octanol–water partition coefficient (Wildman–Crippen LogP) is 4.26. The molecule has 100 valence electrons. The topological polar surface area (TPSA) is 34.1 Å². The van der Waals surface area contributed by atoms with Crippen LogP contribution in [0.5, 0.6) is 0 Å². The van der Waals surface area contributed by atoms with Gasteiger partial charge in [0, 0.05) is 11.1 Å². The molecule has 2 rings (SSSR count). The van der Waals surface area contributed by atoms with Gasteiger partial charge >= 0.3 is 0 Å². The van der Waals surface area contributed by atoms with E-state index in [9.17, 15) is 9.59 Å². The van der Waals surface area contributed by atoms with Crippen molar-refractivity contribution in [2.75, 3.05) is 0 Å². The molecule has 2 aromatic carbocycles. The second-order valence-electron chi connectivity index (χ2n) is 4.69. The molecule has 0 heterocycles. The third-order valence-electron chi connectivity index (χ3n) is 3.10. The van der Waals surface area contributed by atoms with Gasteiger partial charge < -0.3 is 0 Å². The summed E-state index contributed by atoms with van der Waals surface area (Å²) in [4.78, 5) is 22.4. The number of hydrogen-bond donors (Lipinski definition) is 0. The quantitative estimate of drug-likeness (QED) is 0.610. The van der Waals surface area contributed by atoms with Crippen molar-refractivity contribution in [3.63, 3.8) is 0 Å². The third kappa shape index (κ3) is 3.51. The van der Waals surface area contributed by atoms with E-state index >= 15 is 0 Å². The Hall–Kier alpha value is -2.48. The van der Waals surface area contributed by atoms with Crippen LogP contribution in [0.3, 0.4) is 0 Å². The maximum Gasteiger partial charge on any atom is 0.159 e. The molecule has 0 aromatic heterocycles. The van der Waals surface area contributed by atoms with Gasteiger partial charge in [0.2, 0.25) is 0 Å². The molecule has 0 amide bonds. The number of carbonyl (C=O) groups excluding carboxylic acids is 2. The smallest absolute Gasteiger partial charge is 0.159 e. The predicted molar refractivity (Wildman–Crippen MR) is 81.8 cm³/mol. The summed E-state index contributed by atoms with van der Waals surface area (Å²) >= 11 is 0. The van der Waals surface area contributed by atoms with E-state index in [2.05, 4.69) is 0 Å². The van der Waals surface area contributed by atoms with Gasteiger partial charge in [0.15, 0.2) is 11.6 Å². The molecule has 0 aliphatic rings. The van der Waals surface area contributed by atoms with E-state index in [4.69, 9.17) is 0 Å². The van der Waals surface area contributed by atoms with Crippen molar-refractivity contribution in [1.82, 2.24) is 0 Å². The molecule has 0 bridgehead atoms. The molecule has 0 atom stereocenters. The van der Waals surface area contributed by atoms with Crippen LogP contribution in [-0.4, -0.2) is 11.6 Å². The van der Waals surface area contributed by atoms with Crippen LogP contribution in [-0.2, 0) is 0 Å². The van der Waals surface area contributed by atoms with Gasteiger partial charge in [-0.2, -0.15) is 0 Å². The molecule has 0 aliphatic heterocycles. The summed E-state index contributed by atoms with van der Waals surface area (Å²) in [6.07, 6.45) is 3.96. The van der Waals surface area contributed by atoms with E-state index in [-0.39, 0.29) is 11.6 Å². The molecule has 0 N–H and O–H groups in total. The minimum absolute atomic E-state index is 0.0698. The fraction of sp³-hybridized carbons (Fsp3) is 0.111. The zero-order valence-corrected chi connectivity index (χ0v) is 11.6. The molecule has 2 nitrogen and oxygen atoms in total. The monoisotopic (exact) mass is 264 g/mol. The average molecular weight is 264 g/mol. The number of rotatable bonds is 4. The highest BCUT2D eigenvalue weighted by Crippen LogP contribution is 2.11. The molecule has 0 unspecified atom stereocenters. The van der Waals surface area contributed by atoms with Gasteiger partial charge in [-0.25, -0.2) is 0 Å². The first kappa shape index (κ1) is 13.9. The van der Waals surface area contributed by atoms with Crippen molar-refractivity contribution in [2.24, 2.45) is 0 Å². The van der Waals surface area contributed by atoms with Gasteiger partial charge in [0.05, 0.1) is 0 Å². The van der Waals surface area contributed by atoms with E-state index < -0.39 is 0 Å². The Balaban J connectivity index is 2.12. The zero-order valence-electron chi connectivity index (χ0n) is 11.6. The van der Waals surface area contributed by atoms with Crippen molar-refractivity contribution < 1.29 is 9.59 Å². The Morgan fingerprint density at radius 2 is 0.950 bits per heavy atom. The maximum absolute atomic E-state index is 11.2. The summed E-state index contributed by atoms with van der Waals surface area (Å²) in [5, 5.41) is 0. The summed E-state index contributed by atoms with van der Waals surface area (Å²) in [5.41, 5.74) is 3.50. The van der Waals surface area contributed by atoms with E-state index in [1.165, 1.54) is 0 Å². The fourth-order valence-electron chi connectivity index (χ4n) is 1.85. The molecule has 0 aliphatic carbocycles. The summed E-state index contributed by atoms with van der Waals surface area (Å²) in [7, 11) is 0. The van der Waals surface area contributed by atoms with Gasteiger partial charge in [-0.3, -0.25) is 9.59 Å². The highest BCUT2D eigenvalue weighted by atomic mass is 16.1. The highest BCUT2D eigenvalue weighted by Gasteiger charge is 1.98. The van der Waals surface area contributed by atoms with Gasteiger partial charge in [0.1, 0.15) is 0 Å². The Morgan fingerprint density at radius 1 is 0.650 bits per heavy atom. The van der Waals surface area contributed by atoms with Crippen molar-refractivity contribution in [1.29, 1.82) is 0 Å². The number of ketones is 2. The molecule has 20 heavy (non-hydrogen) atoms. The largest absolute Gasteiger partial charge is 0.295 e. The number of carbonyl (C=O) groups is 2. The lowest BCUT2D eigenvalue weighted by Gasteiger charge is -1.98. The molecule has 0 fully saturated rings. The first-order valence-electron chi connectivity index (χ1n) is 6.46. The van der Waals surface area contributed by atoms with Crippen molar-refractivity contribution in [2.45, 2.75) is 13.8 Å².